The highest BCUT2D eigenvalue weighted by atomic mass is 16.3. The summed E-state index contributed by atoms with van der Waals surface area (Å²) >= 11 is 0. The molecule has 2 heterocycles. The SMILES string of the molecule is CCCNCc1ccc(Cn2ncc(N(C)C)cc2=O)o1. The molecular formula is C15H22N4O2. The molecule has 0 amide bonds. The standard InChI is InChI=1S/C15H22N4O2/c1-4-7-16-10-13-5-6-14(21-13)11-19-15(20)8-12(9-17-19)18(2)3/h5-6,8-9,16H,4,7,10-11H2,1-3H3. The van der Waals surface area contributed by atoms with Crippen molar-refractivity contribution >= 4 is 5.69 Å². The number of aromatic nitrogens is 2. The summed E-state index contributed by atoms with van der Waals surface area (Å²) in [6, 6.07) is 5.38. The Labute approximate surface area is 124 Å². The van der Waals surface area contributed by atoms with Crippen molar-refractivity contribution in [3.63, 3.8) is 0 Å². The predicted molar refractivity (Wildman–Crippen MR) is 82.6 cm³/mol. The van der Waals surface area contributed by atoms with Gasteiger partial charge in [0.1, 0.15) is 18.1 Å². The van der Waals surface area contributed by atoms with Gasteiger partial charge in [0.15, 0.2) is 0 Å². The van der Waals surface area contributed by atoms with Crippen LogP contribution in [0.3, 0.4) is 0 Å². The Hall–Kier alpha value is -2.08. The van der Waals surface area contributed by atoms with Gasteiger partial charge in [0, 0.05) is 20.2 Å². The summed E-state index contributed by atoms with van der Waals surface area (Å²) in [5, 5.41) is 7.44. The molecule has 114 valence electrons. The molecule has 0 atom stereocenters. The maximum Gasteiger partial charge on any atom is 0.269 e. The van der Waals surface area contributed by atoms with Crippen molar-refractivity contribution in [2.75, 3.05) is 25.5 Å². The molecule has 0 aromatic carbocycles. The third-order valence-electron chi connectivity index (χ3n) is 3.12. The van der Waals surface area contributed by atoms with E-state index in [9.17, 15) is 4.79 Å². The van der Waals surface area contributed by atoms with Crippen molar-refractivity contribution in [1.82, 2.24) is 15.1 Å². The van der Waals surface area contributed by atoms with Crippen molar-refractivity contribution in [3.05, 3.63) is 46.3 Å². The molecule has 6 heteroatoms. The molecule has 21 heavy (non-hydrogen) atoms. The van der Waals surface area contributed by atoms with Gasteiger partial charge in [-0.15, -0.1) is 0 Å². The molecule has 0 aliphatic rings. The van der Waals surface area contributed by atoms with Crippen LogP contribution in [0.25, 0.3) is 0 Å². The number of hydrogen-bond donors (Lipinski definition) is 1. The number of furan rings is 1. The molecule has 2 aromatic heterocycles. The molecule has 0 aliphatic heterocycles. The maximum atomic E-state index is 12.0. The van der Waals surface area contributed by atoms with Gasteiger partial charge < -0.3 is 14.6 Å². The number of hydrogen-bond acceptors (Lipinski definition) is 5. The largest absolute Gasteiger partial charge is 0.463 e. The van der Waals surface area contributed by atoms with E-state index < -0.39 is 0 Å². The fourth-order valence-corrected chi connectivity index (χ4v) is 1.93. The highest BCUT2D eigenvalue weighted by Gasteiger charge is 2.06. The zero-order chi connectivity index (χ0) is 15.2. The summed E-state index contributed by atoms with van der Waals surface area (Å²) in [5.41, 5.74) is 0.656. The van der Waals surface area contributed by atoms with E-state index in [1.54, 1.807) is 12.3 Å². The molecule has 2 rings (SSSR count). The van der Waals surface area contributed by atoms with Gasteiger partial charge in [-0.1, -0.05) is 6.92 Å². The summed E-state index contributed by atoms with van der Waals surface area (Å²) < 4.78 is 7.09. The van der Waals surface area contributed by atoms with Crippen LogP contribution in [0, 0.1) is 0 Å². The third-order valence-corrected chi connectivity index (χ3v) is 3.12. The van der Waals surface area contributed by atoms with Crippen LogP contribution >= 0.6 is 0 Å². The maximum absolute atomic E-state index is 12.0. The summed E-state index contributed by atoms with van der Waals surface area (Å²) in [4.78, 5) is 13.8. The van der Waals surface area contributed by atoms with E-state index in [1.165, 1.54) is 4.68 Å². The summed E-state index contributed by atoms with van der Waals surface area (Å²) in [6.45, 7) is 4.13. The predicted octanol–water partition coefficient (Wildman–Crippen LogP) is 1.45. The Morgan fingerprint density at radius 3 is 2.76 bits per heavy atom. The van der Waals surface area contributed by atoms with Crippen LogP contribution in [0.1, 0.15) is 24.9 Å². The quantitative estimate of drug-likeness (QED) is 0.782. The van der Waals surface area contributed by atoms with Gasteiger partial charge in [-0.05, 0) is 25.1 Å². The monoisotopic (exact) mass is 290 g/mol. The molecule has 0 radical (unpaired) electrons. The van der Waals surface area contributed by atoms with E-state index in [2.05, 4.69) is 17.3 Å². The lowest BCUT2D eigenvalue weighted by Crippen LogP contribution is -2.24. The number of rotatable bonds is 7. The van der Waals surface area contributed by atoms with E-state index in [0.29, 0.717) is 13.1 Å². The molecule has 0 fully saturated rings. The Kier molecular flexibility index (Phi) is 5.16. The van der Waals surface area contributed by atoms with Crippen LogP contribution in [-0.4, -0.2) is 30.4 Å². The van der Waals surface area contributed by atoms with Crippen molar-refractivity contribution in [2.24, 2.45) is 0 Å². The molecule has 0 aliphatic carbocycles. The van der Waals surface area contributed by atoms with Crippen LogP contribution in [-0.2, 0) is 13.1 Å². The average molecular weight is 290 g/mol. The van der Waals surface area contributed by atoms with Crippen molar-refractivity contribution < 1.29 is 4.42 Å². The van der Waals surface area contributed by atoms with Crippen molar-refractivity contribution in [3.8, 4) is 0 Å². The minimum atomic E-state index is -0.136. The second-order valence-corrected chi connectivity index (χ2v) is 5.15. The van der Waals surface area contributed by atoms with Crippen LogP contribution < -0.4 is 15.8 Å². The zero-order valence-electron chi connectivity index (χ0n) is 12.8. The third kappa shape index (κ3) is 4.19. The van der Waals surface area contributed by atoms with Gasteiger partial charge in [0.2, 0.25) is 0 Å². The highest BCUT2D eigenvalue weighted by molar-refractivity contribution is 5.40. The normalized spacial score (nSPS) is 10.8. The first-order valence-electron chi connectivity index (χ1n) is 7.13. The Bertz CT molecular complexity index is 631. The second-order valence-electron chi connectivity index (χ2n) is 5.15. The van der Waals surface area contributed by atoms with Crippen LogP contribution in [0.15, 0.2) is 33.6 Å². The topological polar surface area (TPSA) is 63.3 Å². The smallest absolute Gasteiger partial charge is 0.269 e. The van der Waals surface area contributed by atoms with Crippen LogP contribution in [0.4, 0.5) is 5.69 Å². The molecule has 1 N–H and O–H groups in total. The first-order chi connectivity index (χ1) is 10.1. The lowest BCUT2D eigenvalue weighted by molar-refractivity contribution is 0.426. The Balaban J connectivity index is 2.03. The fourth-order valence-electron chi connectivity index (χ4n) is 1.93. The molecule has 0 bridgehead atoms. The van der Waals surface area contributed by atoms with E-state index in [0.717, 1.165) is 30.2 Å². The van der Waals surface area contributed by atoms with Crippen LogP contribution in [0.5, 0.6) is 0 Å². The molecule has 6 nitrogen and oxygen atoms in total. The second kappa shape index (κ2) is 7.08. The van der Waals surface area contributed by atoms with E-state index in [-0.39, 0.29) is 5.56 Å². The summed E-state index contributed by atoms with van der Waals surface area (Å²) in [6.07, 6.45) is 2.76. The van der Waals surface area contributed by atoms with E-state index in [4.69, 9.17) is 4.42 Å². The van der Waals surface area contributed by atoms with Gasteiger partial charge in [-0.25, -0.2) is 4.68 Å². The molecule has 0 spiro atoms. The van der Waals surface area contributed by atoms with Crippen LogP contribution in [0.2, 0.25) is 0 Å². The van der Waals surface area contributed by atoms with Gasteiger partial charge >= 0.3 is 0 Å². The molecule has 2 aromatic rings. The zero-order valence-corrected chi connectivity index (χ0v) is 12.8. The molecule has 0 unspecified atom stereocenters. The Morgan fingerprint density at radius 2 is 2.10 bits per heavy atom. The number of anilines is 1. The van der Waals surface area contributed by atoms with Gasteiger partial charge in [0.25, 0.3) is 5.56 Å². The first-order valence-corrected chi connectivity index (χ1v) is 7.13. The van der Waals surface area contributed by atoms with Crippen molar-refractivity contribution in [1.29, 1.82) is 0 Å². The number of nitrogens with zero attached hydrogens (tertiary/aromatic N) is 3. The van der Waals surface area contributed by atoms with Crippen molar-refractivity contribution in [2.45, 2.75) is 26.4 Å². The molecule has 0 saturated heterocycles. The first kappa shape index (κ1) is 15.3. The fraction of sp³-hybridized carbons (Fsp3) is 0.467. The van der Waals surface area contributed by atoms with Gasteiger partial charge in [-0.2, -0.15) is 5.10 Å². The lowest BCUT2D eigenvalue weighted by atomic mass is 10.4. The van der Waals surface area contributed by atoms with E-state index in [1.807, 2.05) is 31.1 Å². The number of nitrogens with one attached hydrogen (secondary N) is 1. The van der Waals surface area contributed by atoms with Gasteiger partial charge in [0.05, 0.1) is 18.4 Å². The minimum absolute atomic E-state index is 0.136. The highest BCUT2D eigenvalue weighted by Crippen LogP contribution is 2.09. The summed E-state index contributed by atoms with van der Waals surface area (Å²) in [5.74, 6) is 1.60. The van der Waals surface area contributed by atoms with Gasteiger partial charge in [-0.3, -0.25) is 4.79 Å². The lowest BCUT2D eigenvalue weighted by Gasteiger charge is -2.11. The molecule has 0 saturated carbocycles. The average Bonchev–Trinajstić information content (AvgIpc) is 2.89. The van der Waals surface area contributed by atoms with E-state index >= 15 is 0 Å². The Morgan fingerprint density at radius 1 is 1.33 bits per heavy atom. The minimum Gasteiger partial charge on any atom is -0.463 e. The molecular weight excluding hydrogens is 268 g/mol. The summed E-state index contributed by atoms with van der Waals surface area (Å²) in [7, 11) is 3.76.